The van der Waals surface area contributed by atoms with Crippen LogP contribution in [0.5, 0.6) is 0 Å². The molecule has 0 aromatic carbocycles. The van der Waals surface area contributed by atoms with Gasteiger partial charge >= 0.3 is 0 Å². The van der Waals surface area contributed by atoms with Gasteiger partial charge in [-0.3, -0.25) is 0 Å². The van der Waals surface area contributed by atoms with Gasteiger partial charge in [0.25, 0.3) is 0 Å². The Kier molecular flexibility index (Phi) is 1.93. The molecule has 0 spiro atoms. The molecule has 0 aliphatic carbocycles. The van der Waals surface area contributed by atoms with Gasteiger partial charge in [0.2, 0.25) is 0 Å². The summed E-state index contributed by atoms with van der Waals surface area (Å²) < 4.78 is 5.32. The van der Waals surface area contributed by atoms with Crippen molar-refractivity contribution in [2.24, 2.45) is 0 Å². The summed E-state index contributed by atoms with van der Waals surface area (Å²) in [6, 6.07) is 0. The summed E-state index contributed by atoms with van der Waals surface area (Å²) >= 11 is 0. The number of allylic oxidation sites excluding steroid dienone is 1. The Morgan fingerprint density at radius 1 is 1.67 bits per heavy atom. The first-order valence-corrected chi connectivity index (χ1v) is 3.30. The Hall–Kier alpha value is -0.720. The standard InChI is InChI=1S/C8H12O/c1-3-8-6-4-5-7(2)9-8/h3,8H,1-2,4-6H2. The van der Waals surface area contributed by atoms with Crippen molar-refractivity contribution in [1.82, 2.24) is 0 Å². The Morgan fingerprint density at radius 3 is 2.89 bits per heavy atom. The molecule has 9 heavy (non-hydrogen) atoms. The van der Waals surface area contributed by atoms with Crippen molar-refractivity contribution in [2.75, 3.05) is 0 Å². The molecule has 1 aliphatic heterocycles. The molecular weight excluding hydrogens is 112 g/mol. The van der Waals surface area contributed by atoms with Crippen LogP contribution in [0.1, 0.15) is 19.3 Å². The van der Waals surface area contributed by atoms with Crippen LogP contribution in [0.25, 0.3) is 0 Å². The van der Waals surface area contributed by atoms with E-state index in [2.05, 4.69) is 13.2 Å². The zero-order chi connectivity index (χ0) is 6.69. The molecule has 0 bridgehead atoms. The lowest BCUT2D eigenvalue weighted by molar-refractivity contribution is 0.110. The summed E-state index contributed by atoms with van der Waals surface area (Å²) in [5.41, 5.74) is 0. The van der Waals surface area contributed by atoms with Crippen molar-refractivity contribution in [3.8, 4) is 0 Å². The van der Waals surface area contributed by atoms with Crippen LogP contribution in [0.4, 0.5) is 0 Å². The van der Waals surface area contributed by atoms with E-state index >= 15 is 0 Å². The first-order valence-electron chi connectivity index (χ1n) is 3.30. The maximum absolute atomic E-state index is 5.32. The number of hydrogen-bond acceptors (Lipinski definition) is 1. The van der Waals surface area contributed by atoms with Crippen molar-refractivity contribution >= 4 is 0 Å². The van der Waals surface area contributed by atoms with Gasteiger partial charge in [0.1, 0.15) is 6.10 Å². The fourth-order valence-electron chi connectivity index (χ4n) is 0.998. The summed E-state index contributed by atoms with van der Waals surface area (Å²) in [5.74, 6) is 0.908. The molecule has 0 aromatic rings. The van der Waals surface area contributed by atoms with Gasteiger partial charge in [0.05, 0.1) is 5.76 Å². The van der Waals surface area contributed by atoms with Crippen LogP contribution in [0.3, 0.4) is 0 Å². The summed E-state index contributed by atoms with van der Waals surface area (Å²) in [7, 11) is 0. The normalized spacial score (nSPS) is 27.1. The lowest BCUT2D eigenvalue weighted by Crippen LogP contribution is -2.13. The van der Waals surface area contributed by atoms with Gasteiger partial charge in [0.15, 0.2) is 0 Å². The average molecular weight is 124 g/mol. The highest BCUT2D eigenvalue weighted by Gasteiger charge is 2.11. The molecule has 0 saturated carbocycles. The fraction of sp³-hybridized carbons (Fsp3) is 0.500. The molecule has 1 aliphatic rings. The van der Waals surface area contributed by atoms with Crippen LogP contribution in [-0.2, 0) is 4.74 Å². The second-order valence-electron chi connectivity index (χ2n) is 2.32. The van der Waals surface area contributed by atoms with E-state index in [1.807, 2.05) is 6.08 Å². The van der Waals surface area contributed by atoms with E-state index in [1.54, 1.807) is 0 Å². The van der Waals surface area contributed by atoms with Gasteiger partial charge in [-0.15, -0.1) is 0 Å². The van der Waals surface area contributed by atoms with Crippen LogP contribution in [0.15, 0.2) is 25.0 Å². The third kappa shape index (κ3) is 1.60. The molecule has 1 nitrogen and oxygen atoms in total. The molecule has 1 saturated heterocycles. The summed E-state index contributed by atoms with van der Waals surface area (Å²) in [4.78, 5) is 0. The zero-order valence-electron chi connectivity index (χ0n) is 5.60. The molecule has 0 radical (unpaired) electrons. The SMILES string of the molecule is C=CC1CCCC(=C)O1. The van der Waals surface area contributed by atoms with Gasteiger partial charge in [-0.1, -0.05) is 19.2 Å². The second kappa shape index (κ2) is 2.72. The van der Waals surface area contributed by atoms with E-state index < -0.39 is 0 Å². The van der Waals surface area contributed by atoms with E-state index in [-0.39, 0.29) is 6.10 Å². The highest BCUT2D eigenvalue weighted by atomic mass is 16.5. The largest absolute Gasteiger partial charge is 0.491 e. The molecule has 0 aromatic heterocycles. The maximum atomic E-state index is 5.32. The fourth-order valence-corrected chi connectivity index (χ4v) is 0.998. The minimum absolute atomic E-state index is 0.228. The van der Waals surface area contributed by atoms with Crippen LogP contribution in [0, 0.1) is 0 Å². The minimum atomic E-state index is 0.228. The summed E-state index contributed by atoms with van der Waals surface area (Å²) in [5, 5.41) is 0. The van der Waals surface area contributed by atoms with Crippen molar-refractivity contribution in [3.63, 3.8) is 0 Å². The van der Waals surface area contributed by atoms with Crippen LogP contribution in [0.2, 0.25) is 0 Å². The average Bonchev–Trinajstić information content (AvgIpc) is 1.88. The highest BCUT2D eigenvalue weighted by molar-refractivity contribution is 4.93. The quantitative estimate of drug-likeness (QED) is 0.487. The number of ether oxygens (including phenoxy) is 1. The second-order valence-corrected chi connectivity index (χ2v) is 2.32. The molecule has 1 heterocycles. The highest BCUT2D eigenvalue weighted by Crippen LogP contribution is 2.20. The Balaban J connectivity index is 2.40. The first kappa shape index (κ1) is 6.40. The predicted octanol–water partition coefficient (Wildman–Crippen LogP) is 2.26. The molecule has 0 N–H and O–H groups in total. The third-order valence-electron chi connectivity index (χ3n) is 1.53. The third-order valence-corrected chi connectivity index (χ3v) is 1.53. The molecule has 0 amide bonds. The Morgan fingerprint density at radius 2 is 2.44 bits per heavy atom. The van der Waals surface area contributed by atoms with Crippen molar-refractivity contribution in [1.29, 1.82) is 0 Å². The lowest BCUT2D eigenvalue weighted by atomic mass is 10.1. The minimum Gasteiger partial charge on any atom is -0.491 e. The van der Waals surface area contributed by atoms with Gasteiger partial charge in [-0.2, -0.15) is 0 Å². The van der Waals surface area contributed by atoms with E-state index in [1.165, 1.54) is 6.42 Å². The maximum Gasteiger partial charge on any atom is 0.116 e. The molecule has 1 fully saturated rings. The summed E-state index contributed by atoms with van der Waals surface area (Å²) in [6.45, 7) is 7.40. The number of rotatable bonds is 1. The number of hydrogen-bond donors (Lipinski definition) is 0. The van der Waals surface area contributed by atoms with E-state index in [4.69, 9.17) is 4.74 Å². The van der Waals surface area contributed by atoms with Gasteiger partial charge in [-0.05, 0) is 12.8 Å². The van der Waals surface area contributed by atoms with E-state index in [0.29, 0.717) is 0 Å². The monoisotopic (exact) mass is 124 g/mol. The van der Waals surface area contributed by atoms with Gasteiger partial charge in [-0.25, -0.2) is 0 Å². The van der Waals surface area contributed by atoms with Crippen LogP contribution < -0.4 is 0 Å². The van der Waals surface area contributed by atoms with Gasteiger partial charge < -0.3 is 4.74 Å². The smallest absolute Gasteiger partial charge is 0.116 e. The molecular formula is C8H12O. The molecule has 1 heteroatoms. The molecule has 1 atom stereocenters. The first-order chi connectivity index (χ1) is 4.33. The molecule has 1 unspecified atom stereocenters. The molecule has 1 rings (SSSR count). The van der Waals surface area contributed by atoms with Crippen molar-refractivity contribution in [3.05, 3.63) is 25.0 Å². The van der Waals surface area contributed by atoms with E-state index in [9.17, 15) is 0 Å². The summed E-state index contributed by atoms with van der Waals surface area (Å²) in [6.07, 6.45) is 5.37. The molecule has 50 valence electrons. The Bertz CT molecular complexity index is 127. The topological polar surface area (TPSA) is 9.23 Å². The van der Waals surface area contributed by atoms with Crippen LogP contribution in [-0.4, -0.2) is 6.10 Å². The van der Waals surface area contributed by atoms with Crippen molar-refractivity contribution in [2.45, 2.75) is 25.4 Å². The Labute approximate surface area is 56.0 Å². The van der Waals surface area contributed by atoms with Crippen molar-refractivity contribution < 1.29 is 4.74 Å². The van der Waals surface area contributed by atoms with Gasteiger partial charge in [0, 0.05) is 6.42 Å². The van der Waals surface area contributed by atoms with E-state index in [0.717, 1.165) is 18.6 Å². The van der Waals surface area contributed by atoms with Crippen LogP contribution >= 0.6 is 0 Å². The predicted molar refractivity (Wildman–Crippen MR) is 38.1 cm³/mol. The lowest BCUT2D eigenvalue weighted by Gasteiger charge is -2.22. The zero-order valence-corrected chi connectivity index (χ0v) is 5.60.